The second-order valence-corrected chi connectivity index (χ2v) is 8.56. The summed E-state index contributed by atoms with van der Waals surface area (Å²) in [5, 5.41) is 4.46. The van der Waals surface area contributed by atoms with Crippen LogP contribution in [0.3, 0.4) is 0 Å². The molecule has 1 aromatic heterocycles. The summed E-state index contributed by atoms with van der Waals surface area (Å²) >= 11 is 12.0. The van der Waals surface area contributed by atoms with E-state index in [1.54, 1.807) is 43.3 Å². The minimum Gasteiger partial charge on any atom is -0.465 e. The summed E-state index contributed by atoms with van der Waals surface area (Å²) in [5.74, 6) is -9.02. The molecule has 2 N–H and O–H groups in total. The van der Waals surface area contributed by atoms with E-state index in [9.17, 15) is 31.5 Å². The van der Waals surface area contributed by atoms with Crippen LogP contribution < -0.4 is 10.6 Å². The lowest BCUT2D eigenvalue weighted by Crippen LogP contribution is -2.47. The molecular weight excluding hydrogens is 544 g/mol. The van der Waals surface area contributed by atoms with Crippen LogP contribution in [0.5, 0.6) is 0 Å². The number of halogens is 7. The van der Waals surface area contributed by atoms with Gasteiger partial charge in [-0.3, -0.25) is 4.79 Å². The number of methoxy groups -OCH3 is 1. The van der Waals surface area contributed by atoms with Crippen LogP contribution in [0.25, 0.3) is 11.1 Å². The number of nitrogens with zero attached hydrogens (tertiary/aromatic N) is 1. The van der Waals surface area contributed by atoms with Crippen molar-refractivity contribution >= 4 is 46.6 Å². The summed E-state index contributed by atoms with van der Waals surface area (Å²) in [7, 11) is 1.25. The Balaban J connectivity index is 1.86. The van der Waals surface area contributed by atoms with Gasteiger partial charge in [0.25, 0.3) is 0 Å². The monoisotopic (exact) mass is 561 g/mol. The molecule has 0 spiro atoms. The van der Waals surface area contributed by atoms with Gasteiger partial charge in [0, 0.05) is 11.2 Å². The van der Waals surface area contributed by atoms with Crippen molar-refractivity contribution in [2.45, 2.75) is 25.1 Å². The minimum atomic E-state index is -6.09. The third-order valence-corrected chi connectivity index (χ3v) is 5.79. The van der Waals surface area contributed by atoms with E-state index in [4.69, 9.17) is 27.9 Å². The van der Waals surface area contributed by atoms with E-state index in [1.165, 1.54) is 24.7 Å². The molecule has 37 heavy (non-hydrogen) atoms. The largest absolute Gasteiger partial charge is 0.465 e. The van der Waals surface area contributed by atoms with E-state index in [2.05, 4.69) is 10.3 Å². The van der Waals surface area contributed by atoms with Gasteiger partial charge in [-0.05, 0) is 47.9 Å². The molecule has 0 aliphatic rings. The standard InChI is InChI=1S/C24H18Cl2F5N3O3/c1-12(13-3-5-14(6-4-13)17-11-15(25)7-8-16(17)21(35)37-2)33-20-19(18(26)9-10-32-20)34-22(36)23(27,28)24(29,30)31/h3-12H,1-2H3,(H,32,33)(H,34,36). The molecule has 6 nitrogen and oxygen atoms in total. The Morgan fingerprint density at radius 2 is 1.65 bits per heavy atom. The molecule has 3 rings (SSSR count). The highest BCUT2D eigenvalue weighted by atomic mass is 35.5. The number of carbonyl (C=O) groups is 2. The lowest BCUT2D eigenvalue weighted by atomic mass is 9.97. The summed E-state index contributed by atoms with van der Waals surface area (Å²) in [5.41, 5.74) is 1.57. The number of hydrogen-bond acceptors (Lipinski definition) is 5. The van der Waals surface area contributed by atoms with Gasteiger partial charge >= 0.3 is 24.0 Å². The smallest absolute Gasteiger partial charge is 0.463 e. The molecule has 0 saturated carbocycles. The number of hydrogen-bond donors (Lipinski definition) is 2. The maximum Gasteiger partial charge on any atom is 0.463 e. The van der Waals surface area contributed by atoms with Gasteiger partial charge < -0.3 is 15.4 Å². The van der Waals surface area contributed by atoms with Crippen LogP contribution in [-0.4, -0.2) is 36.1 Å². The predicted octanol–water partition coefficient (Wildman–Crippen LogP) is 7.15. The number of alkyl halides is 5. The number of nitrogens with one attached hydrogen (secondary N) is 2. The highest BCUT2D eigenvalue weighted by Gasteiger charge is 2.63. The zero-order chi connectivity index (χ0) is 27.5. The van der Waals surface area contributed by atoms with Crippen LogP contribution in [0.4, 0.5) is 33.5 Å². The maximum absolute atomic E-state index is 13.4. The Hall–Kier alpha value is -3.44. The molecule has 0 aliphatic carbocycles. The molecule has 0 fully saturated rings. The van der Waals surface area contributed by atoms with E-state index >= 15 is 0 Å². The van der Waals surface area contributed by atoms with Crippen LogP contribution in [0, 0.1) is 0 Å². The van der Waals surface area contributed by atoms with Gasteiger partial charge in [-0.1, -0.05) is 47.5 Å². The van der Waals surface area contributed by atoms with Crippen molar-refractivity contribution in [3.8, 4) is 11.1 Å². The van der Waals surface area contributed by atoms with Gasteiger partial charge in [-0.15, -0.1) is 0 Å². The van der Waals surface area contributed by atoms with Crippen LogP contribution in [0.2, 0.25) is 10.0 Å². The van der Waals surface area contributed by atoms with E-state index in [-0.39, 0.29) is 10.8 Å². The van der Waals surface area contributed by atoms with E-state index in [1.807, 2.05) is 0 Å². The lowest BCUT2D eigenvalue weighted by molar-refractivity contribution is -0.267. The maximum atomic E-state index is 13.4. The molecule has 0 saturated heterocycles. The Labute approximate surface area is 217 Å². The van der Waals surface area contributed by atoms with Gasteiger partial charge in [0.05, 0.1) is 23.7 Å². The average molecular weight is 562 g/mol. The quantitative estimate of drug-likeness (QED) is 0.236. The Kier molecular flexibility index (Phi) is 8.28. The second kappa shape index (κ2) is 10.9. The molecule has 0 radical (unpaired) electrons. The van der Waals surface area contributed by atoms with Crippen molar-refractivity contribution < 1.29 is 36.3 Å². The van der Waals surface area contributed by atoms with Crippen LogP contribution >= 0.6 is 23.2 Å². The third kappa shape index (κ3) is 6.11. The number of aromatic nitrogens is 1. The zero-order valence-corrected chi connectivity index (χ0v) is 20.6. The number of anilines is 2. The first kappa shape index (κ1) is 28.1. The first-order valence-corrected chi connectivity index (χ1v) is 11.2. The van der Waals surface area contributed by atoms with E-state index in [0.717, 1.165) is 6.07 Å². The molecule has 0 bridgehead atoms. The first-order valence-electron chi connectivity index (χ1n) is 10.4. The van der Waals surface area contributed by atoms with Gasteiger partial charge in [0.2, 0.25) is 0 Å². The Morgan fingerprint density at radius 3 is 2.24 bits per heavy atom. The fourth-order valence-corrected chi connectivity index (χ4v) is 3.64. The second-order valence-electron chi connectivity index (χ2n) is 7.71. The normalized spacial score (nSPS) is 12.6. The molecule has 1 atom stereocenters. The molecule has 196 valence electrons. The number of benzene rings is 2. The number of esters is 1. The fourth-order valence-electron chi connectivity index (χ4n) is 3.27. The summed E-state index contributed by atoms with van der Waals surface area (Å²) < 4.78 is 69.4. The van der Waals surface area contributed by atoms with Crippen LogP contribution in [-0.2, 0) is 9.53 Å². The number of amides is 1. The van der Waals surface area contributed by atoms with Crippen molar-refractivity contribution in [2.75, 3.05) is 17.7 Å². The topological polar surface area (TPSA) is 80.3 Å². The first-order chi connectivity index (χ1) is 17.3. The van der Waals surface area contributed by atoms with E-state index in [0.29, 0.717) is 27.3 Å². The van der Waals surface area contributed by atoms with Crippen molar-refractivity contribution in [3.05, 3.63) is 75.9 Å². The van der Waals surface area contributed by atoms with Crippen molar-refractivity contribution in [2.24, 2.45) is 0 Å². The van der Waals surface area contributed by atoms with Gasteiger partial charge in [0.1, 0.15) is 5.69 Å². The number of pyridine rings is 1. The molecule has 3 aromatic rings. The van der Waals surface area contributed by atoms with Crippen molar-refractivity contribution in [1.82, 2.24) is 4.98 Å². The van der Waals surface area contributed by atoms with Gasteiger partial charge in [0.15, 0.2) is 5.82 Å². The summed E-state index contributed by atoms with van der Waals surface area (Å²) in [6.45, 7) is 1.66. The predicted molar refractivity (Wildman–Crippen MR) is 129 cm³/mol. The number of ether oxygens (including phenoxy) is 1. The molecule has 13 heteroatoms. The van der Waals surface area contributed by atoms with Gasteiger partial charge in [-0.2, -0.15) is 22.0 Å². The van der Waals surface area contributed by atoms with Crippen molar-refractivity contribution in [1.29, 1.82) is 0 Å². The Morgan fingerprint density at radius 1 is 1.00 bits per heavy atom. The SMILES string of the molecule is COC(=O)c1ccc(Cl)cc1-c1ccc(C(C)Nc2nccc(Cl)c2NC(=O)C(F)(F)C(F)(F)F)cc1. The fraction of sp³-hybridized carbons (Fsp3) is 0.208. The highest BCUT2D eigenvalue weighted by molar-refractivity contribution is 6.34. The number of carbonyl (C=O) groups excluding carboxylic acids is 2. The summed E-state index contributed by atoms with van der Waals surface area (Å²) in [6.07, 6.45) is -4.91. The summed E-state index contributed by atoms with van der Waals surface area (Å²) in [6, 6.07) is 12.0. The van der Waals surface area contributed by atoms with E-state index < -0.39 is 35.7 Å². The molecular formula is C24H18Cl2F5N3O3. The van der Waals surface area contributed by atoms with Gasteiger partial charge in [-0.25, -0.2) is 9.78 Å². The highest BCUT2D eigenvalue weighted by Crippen LogP contribution is 2.38. The van der Waals surface area contributed by atoms with Crippen LogP contribution in [0.1, 0.15) is 28.9 Å². The summed E-state index contributed by atoms with van der Waals surface area (Å²) in [4.78, 5) is 27.7. The number of rotatable bonds is 7. The molecule has 1 heterocycles. The molecule has 1 amide bonds. The minimum absolute atomic E-state index is 0.224. The molecule has 1 unspecified atom stereocenters. The third-order valence-electron chi connectivity index (χ3n) is 5.24. The average Bonchev–Trinajstić information content (AvgIpc) is 2.84. The molecule has 0 aliphatic heterocycles. The van der Waals surface area contributed by atoms with Crippen LogP contribution in [0.15, 0.2) is 54.7 Å². The Bertz CT molecular complexity index is 1320. The zero-order valence-electron chi connectivity index (χ0n) is 19.1. The molecule has 2 aromatic carbocycles. The van der Waals surface area contributed by atoms with Crippen molar-refractivity contribution in [3.63, 3.8) is 0 Å². The lowest BCUT2D eigenvalue weighted by Gasteiger charge is -2.22.